The van der Waals surface area contributed by atoms with E-state index < -0.39 is 24.0 Å². The number of esters is 1. The molecule has 8 nitrogen and oxygen atoms in total. The van der Waals surface area contributed by atoms with Gasteiger partial charge >= 0.3 is 11.7 Å². The lowest BCUT2D eigenvalue weighted by atomic mass is 10.2. The fraction of sp³-hybridized carbons (Fsp3) is 0.263. The molecule has 2 atom stereocenters. The zero-order valence-electron chi connectivity index (χ0n) is 15.1. The first-order valence-corrected chi connectivity index (χ1v) is 8.39. The highest BCUT2D eigenvalue weighted by atomic mass is 16.6. The Hall–Kier alpha value is -3.26. The number of benzene rings is 1. The lowest BCUT2D eigenvalue weighted by Gasteiger charge is -2.16. The minimum absolute atomic E-state index is 0.0636. The Morgan fingerprint density at radius 2 is 2.07 bits per heavy atom. The van der Waals surface area contributed by atoms with E-state index in [1.807, 2.05) is 20.2 Å². The van der Waals surface area contributed by atoms with Crippen molar-refractivity contribution in [3.63, 3.8) is 0 Å². The molecule has 1 aliphatic heterocycles. The molecule has 0 radical (unpaired) electrons. The lowest BCUT2D eigenvalue weighted by Crippen LogP contribution is -2.28. The van der Waals surface area contributed by atoms with E-state index in [9.17, 15) is 9.59 Å². The summed E-state index contributed by atoms with van der Waals surface area (Å²) in [6.07, 6.45) is 5.60. The summed E-state index contributed by atoms with van der Waals surface area (Å²) in [6.45, 7) is 0.0636. The van der Waals surface area contributed by atoms with Gasteiger partial charge in [0.25, 0.3) is 0 Å². The Kier molecular flexibility index (Phi) is 5.77. The Morgan fingerprint density at radius 3 is 2.78 bits per heavy atom. The molecule has 2 heterocycles. The van der Waals surface area contributed by atoms with Crippen LogP contribution < -0.4 is 5.69 Å². The molecule has 0 unspecified atom stereocenters. The van der Waals surface area contributed by atoms with Crippen molar-refractivity contribution in [2.24, 2.45) is 4.99 Å². The average molecular weight is 368 g/mol. The van der Waals surface area contributed by atoms with Gasteiger partial charge in [0.05, 0.1) is 11.9 Å². The molecular weight excluding hydrogens is 348 g/mol. The van der Waals surface area contributed by atoms with Gasteiger partial charge in [-0.15, -0.1) is 0 Å². The van der Waals surface area contributed by atoms with Crippen LogP contribution in [0.25, 0.3) is 0 Å². The van der Waals surface area contributed by atoms with Gasteiger partial charge in [0.1, 0.15) is 12.7 Å². The van der Waals surface area contributed by atoms with Crippen LogP contribution in [0.5, 0.6) is 0 Å². The number of carbonyl (C=O) groups is 1. The minimum atomic E-state index is -0.600. The van der Waals surface area contributed by atoms with Crippen LogP contribution >= 0.6 is 0 Å². The van der Waals surface area contributed by atoms with Gasteiger partial charge < -0.3 is 14.4 Å². The molecule has 0 saturated carbocycles. The van der Waals surface area contributed by atoms with E-state index >= 15 is 0 Å². The van der Waals surface area contributed by atoms with Crippen molar-refractivity contribution in [1.29, 1.82) is 0 Å². The molecule has 3 rings (SSSR count). The van der Waals surface area contributed by atoms with Crippen molar-refractivity contribution in [3.8, 4) is 0 Å². The van der Waals surface area contributed by atoms with Crippen LogP contribution in [0.3, 0.4) is 0 Å². The van der Waals surface area contributed by atoms with Gasteiger partial charge in [0.15, 0.2) is 12.0 Å². The van der Waals surface area contributed by atoms with Gasteiger partial charge in [-0.05, 0) is 24.3 Å². The summed E-state index contributed by atoms with van der Waals surface area (Å²) in [5.41, 5.74) is 0.00491. The second-order valence-corrected chi connectivity index (χ2v) is 6.10. The first-order valence-electron chi connectivity index (χ1n) is 8.39. The van der Waals surface area contributed by atoms with Crippen LogP contribution in [0.15, 0.2) is 64.5 Å². The summed E-state index contributed by atoms with van der Waals surface area (Å²) in [6, 6.07) is 10.4. The van der Waals surface area contributed by atoms with Crippen molar-refractivity contribution in [2.45, 2.75) is 12.3 Å². The third-order valence-electron chi connectivity index (χ3n) is 3.70. The van der Waals surface area contributed by atoms with E-state index in [0.29, 0.717) is 11.4 Å². The van der Waals surface area contributed by atoms with Gasteiger partial charge in [0.2, 0.25) is 0 Å². The molecule has 0 amide bonds. The Balaban J connectivity index is 1.57. The van der Waals surface area contributed by atoms with Crippen LogP contribution in [0.2, 0.25) is 0 Å². The Morgan fingerprint density at radius 1 is 1.30 bits per heavy atom. The number of ether oxygens (including phenoxy) is 2. The van der Waals surface area contributed by atoms with E-state index in [0.717, 1.165) is 0 Å². The molecule has 2 aromatic rings. The molecule has 0 spiro atoms. The number of carbonyl (C=O) groups excluding carboxylic acids is 1. The summed E-state index contributed by atoms with van der Waals surface area (Å²) >= 11 is 0. The number of rotatable bonds is 6. The quantitative estimate of drug-likeness (QED) is 0.334. The maximum atomic E-state index is 12.2. The first-order chi connectivity index (χ1) is 13.0. The lowest BCUT2D eigenvalue weighted by molar-refractivity contribution is -0.0222. The second-order valence-electron chi connectivity index (χ2n) is 6.10. The van der Waals surface area contributed by atoms with E-state index in [4.69, 9.17) is 9.47 Å². The first kappa shape index (κ1) is 18.5. The van der Waals surface area contributed by atoms with E-state index in [-0.39, 0.29) is 6.61 Å². The van der Waals surface area contributed by atoms with Gasteiger partial charge in [0, 0.05) is 20.3 Å². The zero-order valence-corrected chi connectivity index (χ0v) is 15.1. The number of nitrogens with zero attached hydrogens (tertiary/aromatic N) is 4. The average Bonchev–Trinajstić information content (AvgIpc) is 3.14. The fourth-order valence-electron chi connectivity index (χ4n) is 2.40. The highest BCUT2D eigenvalue weighted by Crippen LogP contribution is 2.20. The van der Waals surface area contributed by atoms with Gasteiger partial charge in [-0.25, -0.2) is 14.6 Å². The topological polar surface area (TPSA) is 86.0 Å². The molecular formula is C19H20N4O4. The van der Waals surface area contributed by atoms with Gasteiger partial charge in [-0.1, -0.05) is 24.3 Å². The molecule has 1 aromatic heterocycles. The minimum Gasteiger partial charge on any atom is -0.459 e. The number of hydrogen-bond donors (Lipinski definition) is 0. The maximum absolute atomic E-state index is 12.2. The van der Waals surface area contributed by atoms with E-state index in [1.54, 1.807) is 59.9 Å². The predicted octanol–water partition coefficient (Wildman–Crippen LogP) is 1.78. The molecule has 140 valence electrons. The molecule has 0 fully saturated rings. The van der Waals surface area contributed by atoms with Crippen molar-refractivity contribution in [1.82, 2.24) is 14.5 Å². The van der Waals surface area contributed by atoms with Crippen LogP contribution in [0.1, 0.15) is 16.6 Å². The highest BCUT2D eigenvalue weighted by Gasteiger charge is 2.23. The molecule has 0 aliphatic carbocycles. The molecule has 1 aromatic carbocycles. The predicted molar refractivity (Wildman–Crippen MR) is 100 cm³/mol. The van der Waals surface area contributed by atoms with E-state index in [1.165, 1.54) is 4.57 Å². The van der Waals surface area contributed by atoms with Crippen LogP contribution in [-0.4, -0.2) is 53.6 Å². The zero-order chi connectivity index (χ0) is 19.2. The third kappa shape index (κ3) is 4.89. The summed E-state index contributed by atoms with van der Waals surface area (Å²) in [4.78, 5) is 33.9. The highest BCUT2D eigenvalue weighted by molar-refractivity contribution is 5.89. The largest absolute Gasteiger partial charge is 0.459 e. The molecule has 1 aliphatic rings. The Labute approximate surface area is 156 Å². The standard InChI is InChI=1S/C19H20N4O4/c1-22(2)13-20-16-10-11-23(19(25)21-16)17-9-8-15(27-17)12-26-18(24)14-6-4-3-5-7-14/h3-11,13,15,17H,12H2,1-2H3/t15-,17+/m0/s1. The van der Waals surface area contributed by atoms with Crippen LogP contribution in [-0.2, 0) is 9.47 Å². The number of aliphatic imine (C=N–C) groups is 1. The summed E-state index contributed by atoms with van der Waals surface area (Å²) < 4.78 is 12.3. The third-order valence-corrected chi connectivity index (χ3v) is 3.70. The molecule has 0 bridgehead atoms. The van der Waals surface area contributed by atoms with Crippen molar-refractivity contribution in [2.75, 3.05) is 20.7 Å². The molecule has 0 saturated heterocycles. The summed E-state index contributed by atoms with van der Waals surface area (Å²) in [7, 11) is 3.65. The smallest absolute Gasteiger partial charge is 0.351 e. The Bertz CT molecular complexity index is 905. The van der Waals surface area contributed by atoms with Gasteiger partial charge in [-0.2, -0.15) is 4.98 Å². The van der Waals surface area contributed by atoms with Crippen LogP contribution in [0, 0.1) is 0 Å². The van der Waals surface area contributed by atoms with Crippen molar-refractivity contribution < 1.29 is 14.3 Å². The van der Waals surface area contributed by atoms with Crippen molar-refractivity contribution >= 4 is 18.1 Å². The van der Waals surface area contributed by atoms with E-state index in [2.05, 4.69) is 9.98 Å². The molecule has 27 heavy (non-hydrogen) atoms. The summed E-state index contributed by atoms with van der Waals surface area (Å²) in [5, 5.41) is 0. The molecule has 8 heteroatoms. The number of hydrogen-bond acceptors (Lipinski definition) is 6. The summed E-state index contributed by atoms with van der Waals surface area (Å²) in [5.74, 6) is -0.0988. The van der Waals surface area contributed by atoms with Gasteiger partial charge in [-0.3, -0.25) is 4.57 Å². The van der Waals surface area contributed by atoms with Crippen molar-refractivity contribution in [3.05, 3.63) is 70.8 Å². The number of aromatic nitrogens is 2. The maximum Gasteiger partial charge on any atom is 0.351 e. The van der Waals surface area contributed by atoms with Crippen LogP contribution in [0.4, 0.5) is 5.82 Å². The molecule has 0 N–H and O–H groups in total. The fourth-order valence-corrected chi connectivity index (χ4v) is 2.40. The normalized spacial score (nSPS) is 18.7. The monoisotopic (exact) mass is 368 g/mol. The SMILES string of the molecule is CN(C)C=Nc1ccn([C@H]2C=C[C@@H](COC(=O)c3ccccc3)O2)c(=O)n1. The second kappa shape index (κ2) is 8.41.